The Morgan fingerprint density at radius 2 is 1.71 bits per heavy atom. The normalized spacial score (nSPS) is 14.1. The Labute approximate surface area is 202 Å². The average Bonchev–Trinajstić information content (AvgIpc) is 2.84. The lowest BCUT2D eigenvalue weighted by Crippen LogP contribution is -2.46. The highest BCUT2D eigenvalue weighted by molar-refractivity contribution is 7.90. The summed E-state index contributed by atoms with van der Waals surface area (Å²) in [4.78, 5) is 20.9. The number of piperazine rings is 1. The number of hydrogen-bond acceptors (Lipinski definition) is 7. The zero-order chi connectivity index (χ0) is 24.3. The molecule has 3 aromatic rings. The fraction of sp³-hybridized carbons (Fsp3) is 0.217. The summed E-state index contributed by atoms with van der Waals surface area (Å²) in [5.41, 5.74) is 0.989. The van der Waals surface area contributed by atoms with Crippen LogP contribution >= 0.6 is 11.6 Å². The van der Waals surface area contributed by atoms with Crippen molar-refractivity contribution in [3.63, 3.8) is 0 Å². The van der Waals surface area contributed by atoms with Crippen LogP contribution in [0.3, 0.4) is 0 Å². The van der Waals surface area contributed by atoms with Gasteiger partial charge in [-0.25, -0.2) is 22.5 Å². The van der Waals surface area contributed by atoms with E-state index in [1.165, 1.54) is 49.7 Å². The van der Waals surface area contributed by atoms with E-state index < -0.39 is 15.9 Å². The molecule has 0 saturated carbocycles. The molecule has 1 saturated heterocycles. The fourth-order valence-electron chi connectivity index (χ4n) is 3.65. The summed E-state index contributed by atoms with van der Waals surface area (Å²) >= 11 is 5.89. The summed E-state index contributed by atoms with van der Waals surface area (Å²) in [6, 6.07) is 13.7. The van der Waals surface area contributed by atoms with Crippen molar-refractivity contribution in [1.82, 2.24) is 9.71 Å². The minimum absolute atomic E-state index is 0.0408. The van der Waals surface area contributed by atoms with Crippen LogP contribution in [-0.2, 0) is 10.0 Å². The lowest BCUT2D eigenvalue weighted by atomic mass is 10.2. The second kappa shape index (κ2) is 9.86. The Bertz CT molecular complexity index is 1280. The van der Waals surface area contributed by atoms with Crippen molar-refractivity contribution in [2.24, 2.45) is 0 Å². The lowest BCUT2D eigenvalue weighted by Gasteiger charge is -2.36. The van der Waals surface area contributed by atoms with Gasteiger partial charge in [0.05, 0.1) is 12.7 Å². The molecule has 1 aliphatic heterocycles. The predicted octanol–water partition coefficient (Wildman–Crippen LogP) is 3.33. The number of hydrogen-bond donors (Lipinski definition) is 1. The molecule has 178 valence electrons. The molecule has 0 unspecified atom stereocenters. The Kier molecular flexibility index (Phi) is 6.90. The van der Waals surface area contributed by atoms with Crippen LogP contribution in [-0.4, -0.2) is 52.6 Å². The number of halogens is 2. The quantitative estimate of drug-likeness (QED) is 0.550. The van der Waals surface area contributed by atoms with Crippen molar-refractivity contribution in [1.29, 1.82) is 0 Å². The van der Waals surface area contributed by atoms with Crippen molar-refractivity contribution in [2.45, 2.75) is 4.90 Å². The topological polar surface area (TPSA) is 91.8 Å². The van der Waals surface area contributed by atoms with E-state index in [1.54, 1.807) is 18.2 Å². The standard InChI is InChI=1S/C23H22ClFN4O4S/c1-33-21-14-16(24)2-8-20(21)23(30)27-34(31,32)19-7-9-22(26-15-19)29-12-10-28(11-13-29)18-5-3-17(25)4-6-18/h2-9,14-15H,10-13H2,1H3,(H,27,30). The van der Waals surface area contributed by atoms with Crippen LogP contribution in [0.4, 0.5) is 15.9 Å². The molecule has 1 N–H and O–H groups in total. The highest BCUT2D eigenvalue weighted by Gasteiger charge is 2.23. The number of benzene rings is 2. The summed E-state index contributed by atoms with van der Waals surface area (Å²) in [5.74, 6) is -0.323. The highest BCUT2D eigenvalue weighted by atomic mass is 35.5. The zero-order valence-corrected chi connectivity index (χ0v) is 19.8. The van der Waals surface area contributed by atoms with Gasteiger partial charge in [-0.05, 0) is 54.6 Å². The third-order valence-electron chi connectivity index (χ3n) is 5.46. The number of rotatable bonds is 6. The number of carbonyl (C=O) groups excluding carboxylic acids is 1. The van der Waals surface area contributed by atoms with Gasteiger partial charge >= 0.3 is 0 Å². The number of aromatic nitrogens is 1. The number of pyridine rings is 1. The van der Waals surface area contributed by atoms with E-state index in [2.05, 4.69) is 9.88 Å². The van der Waals surface area contributed by atoms with Crippen LogP contribution in [0.5, 0.6) is 5.75 Å². The molecule has 0 aliphatic carbocycles. The van der Waals surface area contributed by atoms with Gasteiger partial charge in [0.1, 0.15) is 22.3 Å². The Balaban J connectivity index is 1.41. The van der Waals surface area contributed by atoms with Crippen LogP contribution in [0, 0.1) is 5.82 Å². The van der Waals surface area contributed by atoms with E-state index in [0.717, 1.165) is 5.69 Å². The first-order chi connectivity index (χ1) is 16.3. The Hall–Kier alpha value is -3.37. The van der Waals surface area contributed by atoms with Crippen molar-refractivity contribution in [2.75, 3.05) is 43.1 Å². The molecule has 2 heterocycles. The number of ether oxygens (including phenoxy) is 1. The fourth-order valence-corrected chi connectivity index (χ4v) is 4.73. The molecule has 1 aromatic heterocycles. The monoisotopic (exact) mass is 504 g/mol. The van der Waals surface area contributed by atoms with Crippen molar-refractivity contribution in [3.05, 3.63) is 77.2 Å². The first-order valence-corrected chi connectivity index (χ1v) is 12.2. The molecule has 2 aromatic carbocycles. The van der Waals surface area contributed by atoms with Gasteiger partial charge < -0.3 is 14.5 Å². The van der Waals surface area contributed by atoms with Gasteiger partial charge in [-0.1, -0.05) is 11.6 Å². The second-order valence-electron chi connectivity index (χ2n) is 7.58. The molecule has 4 rings (SSSR count). The molecule has 1 amide bonds. The number of amides is 1. The minimum Gasteiger partial charge on any atom is -0.496 e. The minimum atomic E-state index is -4.15. The summed E-state index contributed by atoms with van der Waals surface area (Å²) in [6.45, 7) is 2.77. The molecule has 34 heavy (non-hydrogen) atoms. The van der Waals surface area contributed by atoms with Crippen molar-refractivity contribution < 1.29 is 22.3 Å². The van der Waals surface area contributed by atoms with E-state index in [4.69, 9.17) is 16.3 Å². The van der Waals surface area contributed by atoms with Crippen LogP contribution in [0.1, 0.15) is 10.4 Å². The maximum absolute atomic E-state index is 13.1. The molecule has 0 bridgehead atoms. The third kappa shape index (κ3) is 5.23. The maximum Gasteiger partial charge on any atom is 0.268 e. The molecule has 1 aliphatic rings. The highest BCUT2D eigenvalue weighted by Crippen LogP contribution is 2.24. The second-order valence-corrected chi connectivity index (χ2v) is 9.70. The summed E-state index contributed by atoms with van der Waals surface area (Å²) in [6.07, 6.45) is 1.22. The number of carbonyl (C=O) groups is 1. The average molecular weight is 505 g/mol. The van der Waals surface area contributed by atoms with Gasteiger partial charge in [0.15, 0.2) is 0 Å². The molecule has 0 spiro atoms. The van der Waals surface area contributed by atoms with Crippen molar-refractivity contribution in [3.8, 4) is 5.75 Å². The molecule has 0 radical (unpaired) electrons. The van der Waals surface area contributed by atoms with Gasteiger partial charge in [-0.3, -0.25) is 4.79 Å². The number of methoxy groups -OCH3 is 1. The van der Waals surface area contributed by atoms with E-state index in [1.807, 2.05) is 9.62 Å². The molecule has 1 fully saturated rings. The van der Waals surface area contributed by atoms with Gasteiger partial charge in [0.2, 0.25) is 0 Å². The first kappa shape index (κ1) is 23.8. The summed E-state index contributed by atoms with van der Waals surface area (Å²) in [7, 11) is -2.79. The van der Waals surface area contributed by atoms with E-state index in [-0.39, 0.29) is 22.0 Å². The summed E-state index contributed by atoms with van der Waals surface area (Å²) in [5, 5.41) is 0.356. The number of nitrogens with zero attached hydrogens (tertiary/aromatic N) is 3. The van der Waals surface area contributed by atoms with Crippen molar-refractivity contribution >= 4 is 39.0 Å². The van der Waals surface area contributed by atoms with Crippen LogP contribution in [0.15, 0.2) is 65.7 Å². The lowest BCUT2D eigenvalue weighted by molar-refractivity contribution is 0.0978. The largest absolute Gasteiger partial charge is 0.496 e. The van der Waals surface area contributed by atoms with Crippen LogP contribution in [0.2, 0.25) is 5.02 Å². The summed E-state index contributed by atoms with van der Waals surface area (Å²) < 4.78 is 45.7. The molecule has 8 nitrogen and oxygen atoms in total. The third-order valence-corrected chi connectivity index (χ3v) is 7.01. The Morgan fingerprint density at radius 1 is 1.03 bits per heavy atom. The molecular weight excluding hydrogens is 483 g/mol. The maximum atomic E-state index is 13.1. The predicted molar refractivity (Wildman–Crippen MR) is 128 cm³/mol. The SMILES string of the molecule is COc1cc(Cl)ccc1C(=O)NS(=O)(=O)c1ccc(N2CCN(c3ccc(F)cc3)CC2)nc1. The number of sulfonamides is 1. The smallest absolute Gasteiger partial charge is 0.268 e. The van der Waals surface area contributed by atoms with Gasteiger partial charge in [-0.2, -0.15) is 0 Å². The van der Waals surface area contributed by atoms with Crippen LogP contribution in [0.25, 0.3) is 0 Å². The molecule has 11 heteroatoms. The Morgan fingerprint density at radius 3 is 2.32 bits per heavy atom. The van der Waals surface area contributed by atoms with E-state index >= 15 is 0 Å². The van der Waals surface area contributed by atoms with E-state index in [9.17, 15) is 17.6 Å². The van der Waals surface area contributed by atoms with Gasteiger partial charge in [-0.15, -0.1) is 0 Å². The number of anilines is 2. The number of nitrogens with one attached hydrogen (secondary N) is 1. The zero-order valence-electron chi connectivity index (χ0n) is 18.2. The van der Waals surface area contributed by atoms with E-state index in [0.29, 0.717) is 37.0 Å². The van der Waals surface area contributed by atoms with Gasteiger partial charge in [0, 0.05) is 43.1 Å². The molecule has 0 atom stereocenters. The first-order valence-electron chi connectivity index (χ1n) is 10.4. The van der Waals surface area contributed by atoms with Crippen LogP contribution < -0.4 is 19.3 Å². The van der Waals surface area contributed by atoms with Gasteiger partial charge in [0.25, 0.3) is 15.9 Å². The molecular formula is C23H22ClFN4O4S.